The third-order valence-corrected chi connectivity index (χ3v) is 9.61. The maximum Gasteiger partial charge on any atom is 0.407 e. The van der Waals surface area contributed by atoms with Crippen LogP contribution in [0.25, 0.3) is 22.2 Å². The Hall–Kier alpha value is -4.96. The van der Waals surface area contributed by atoms with Gasteiger partial charge in [-0.1, -0.05) is 66.2 Å². The van der Waals surface area contributed by atoms with E-state index in [0.29, 0.717) is 10.9 Å². The number of hydrogen-bond donors (Lipinski definition) is 1. The fraction of sp³-hybridized carbons (Fsp3) is 0.250. The first kappa shape index (κ1) is 31.0. The number of aromatic nitrogens is 2. The Morgan fingerprint density at radius 2 is 1.54 bits per heavy atom. The van der Waals surface area contributed by atoms with Crippen molar-refractivity contribution in [3.8, 4) is 11.1 Å². The number of benzene rings is 3. The average molecular weight is 638 g/mol. The van der Waals surface area contributed by atoms with Crippen LogP contribution in [-0.2, 0) is 30.7 Å². The maximum absolute atomic E-state index is 13.7. The van der Waals surface area contributed by atoms with Crippen molar-refractivity contribution < 1.29 is 27.5 Å². The van der Waals surface area contributed by atoms with E-state index in [-0.39, 0.29) is 29.5 Å². The number of rotatable bonds is 8. The Balaban J connectivity index is 1.27. The monoisotopic (exact) mass is 637 g/mol. The summed E-state index contributed by atoms with van der Waals surface area (Å²) in [6, 6.07) is 24.8. The second kappa shape index (κ2) is 12.1. The lowest BCUT2D eigenvalue weighted by Crippen LogP contribution is -2.46. The number of hydrogen-bond acceptors (Lipinski definition) is 7. The molecule has 9 nitrogen and oxygen atoms in total. The number of ether oxygens (including phenoxy) is 2. The highest BCUT2D eigenvalue weighted by atomic mass is 32.2. The molecular weight excluding hydrogens is 602 g/mol. The highest BCUT2D eigenvalue weighted by Crippen LogP contribution is 2.44. The number of alkyl carbamates (subject to hydrolysis) is 1. The van der Waals surface area contributed by atoms with Crippen molar-refractivity contribution in [2.45, 2.75) is 56.6 Å². The van der Waals surface area contributed by atoms with Crippen molar-refractivity contribution in [3.63, 3.8) is 0 Å². The van der Waals surface area contributed by atoms with Gasteiger partial charge in [0.25, 0.3) is 10.0 Å². The molecule has 46 heavy (non-hydrogen) atoms. The highest BCUT2D eigenvalue weighted by Gasteiger charge is 2.32. The highest BCUT2D eigenvalue weighted by molar-refractivity contribution is 7.90. The largest absolute Gasteiger partial charge is 0.458 e. The van der Waals surface area contributed by atoms with Crippen molar-refractivity contribution in [2.24, 2.45) is 0 Å². The van der Waals surface area contributed by atoms with Crippen LogP contribution in [0.3, 0.4) is 0 Å². The molecule has 1 amide bonds. The summed E-state index contributed by atoms with van der Waals surface area (Å²) in [5.41, 5.74) is 5.13. The van der Waals surface area contributed by atoms with Gasteiger partial charge in [0.2, 0.25) is 0 Å². The molecule has 3 aromatic carbocycles. The zero-order valence-electron chi connectivity index (χ0n) is 26.1. The number of nitrogens with one attached hydrogen (secondary N) is 1. The lowest BCUT2D eigenvalue weighted by Gasteiger charge is -2.24. The van der Waals surface area contributed by atoms with E-state index in [1.54, 1.807) is 57.2 Å². The van der Waals surface area contributed by atoms with E-state index in [9.17, 15) is 18.0 Å². The first-order valence-electron chi connectivity index (χ1n) is 15.0. The van der Waals surface area contributed by atoms with Gasteiger partial charge in [0, 0.05) is 30.1 Å². The van der Waals surface area contributed by atoms with Gasteiger partial charge in [0.05, 0.1) is 4.90 Å². The zero-order chi connectivity index (χ0) is 32.6. The maximum atomic E-state index is 13.7. The summed E-state index contributed by atoms with van der Waals surface area (Å²) in [5.74, 6) is -0.832. The topological polar surface area (TPSA) is 117 Å². The van der Waals surface area contributed by atoms with Gasteiger partial charge in [-0.25, -0.2) is 27.0 Å². The predicted molar refractivity (Wildman–Crippen MR) is 175 cm³/mol. The molecular formula is C36H35N3O6S. The molecule has 2 aromatic heterocycles. The van der Waals surface area contributed by atoms with Crippen LogP contribution in [0.1, 0.15) is 48.9 Å². The minimum absolute atomic E-state index is 0.0578. The molecule has 0 spiro atoms. The molecule has 2 heterocycles. The minimum Gasteiger partial charge on any atom is -0.458 e. The average Bonchev–Trinajstić information content (AvgIpc) is 3.55. The van der Waals surface area contributed by atoms with Gasteiger partial charge in [0.15, 0.2) is 5.65 Å². The number of esters is 1. The van der Waals surface area contributed by atoms with Gasteiger partial charge < -0.3 is 14.8 Å². The molecule has 6 rings (SSSR count). The molecule has 1 aliphatic carbocycles. The van der Waals surface area contributed by atoms with E-state index in [4.69, 9.17) is 9.47 Å². The molecule has 0 fully saturated rings. The quantitative estimate of drug-likeness (QED) is 0.197. The van der Waals surface area contributed by atoms with E-state index in [2.05, 4.69) is 22.4 Å². The normalized spacial score (nSPS) is 13.6. The van der Waals surface area contributed by atoms with E-state index < -0.39 is 33.7 Å². The summed E-state index contributed by atoms with van der Waals surface area (Å²) in [6.45, 7) is 7.15. The van der Waals surface area contributed by atoms with Gasteiger partial charge >= 0.3 is 12.1 Å². The first-order chi connectivity index (χ1) is 21.9. The fourth-order valence-electron chi connectivity index (χ4n) is 5.83. The number of amides is 1. The van der Waals surface area contributed by atoms with Gasteiger partial charge in [0.1, 0.15) is 18.2 Å². The second-order valence-corrected chi connectivity index (χ2v) is 14.2. The molecule has 0 saturated carbocycles. The second-order valence-electron chi connectivity index (χ2n) is 12.4. The van der Waals surface area contributed by atoms with Crippen LogP contribution in [0.5, 0.6) is 0 Å². The Morgan fingerprint density at radius 1 is 0.913 bits per heavy atom. The Kier molecular flexibility index (Phi) is 8.16. The standard InChI is InChI=1S/C36H35N3O6S/c1-23-15-17-25(18-16-23)46(42,43)39-21-24(26-14-9-19-37-33(26)39)20-32(34(40)45-36(2,3)4)38-35(41)44-22-31-29-12-7-5-10-27(29)28-11-6-8-13-30(28)31/h5-19,21,31-32H,20,22H2,1-4H3,(H,38,41)/t32-/m0/s1. The van der Waals surface area contributed by atoms with Crippen molar-refractivity contribution in [1.82, 2.24) is 14.3 Å². The number of nitrogens with zero attached hydrogens (tertiary/aromatic N) is 2. The van der Waals surface area contributed by atoms with Gasteiger partial charge in [-0.2, -0.15) is 0 Å². The Bertz CT molecular complexity index is 2000. The predicted octanol–water partition coefficient (Wildman–Crippen LogP) is 6.37. The third-order valence-electron chi connectivity index (χ3n) is 7.94. The molecule has 1 atom stereocenters. The molecule has 0 bridgehead atoms. The van der Waals surface area contributed by atoms with Crippen LogP contribution in [0.15, 0.2) is 102 Å². The van der Waals surface area contributed by atoms with Gasteiger partial charge in [-0.05, 0) is 79.8 Å². The van der Waals surface area contributed by atoms with Crippen molar-refractivity contribution in [1.29, 1.82) is 0 Å². The lowest BCUT2D eigenvalue weighted by molar-refractivity contribution is -0.157. The minimum atomic E-state index is -4.01. The number of fused-ring (bicyclic) bond motifs is 4. The van der Waals surface area contributed by atoms with Crippen LogP contribution < -0.4 is 5.32 Å². The molecule has 1 N–H and O–H groups in total. The Morgan fingerprint density at radius 3 is 2.17 bits per heavy atom. The summed E-state index contributed by atoms with van der Waals surface area (Å²) < 4.78 is 39.9. The smallest absolute Gasteiger partial charge is 0.407 e. The van der Waals surface area contributed by atoms with Crippen LogP contribution in [-0.4, -0.2) is 47.7 Å². The molecule has 236 valence electrons. The van der Waals surface area contributed by atoms with Gasteiger partial charge in [-0.3, -0.25) is 0 Å². The van der Waals surface area contributed by atoms with E-state index in [0.717, 1.165) is 31.8 Å². The van der Waals surface area contributed by atoms with Gasteiger partial charge in [-0.15, -0.1) is 0 Å². The zero-order valence-corrected chi connectivity index (χ0v) is 26.9. The first-order valence-corrected chi connectivity index (χ1v) is 16.5. The molecule has 1 aliphatic rings. The molecule has 0 unspecified atom stereocenters. The lowest BCUT2D eigenvalue weighted by atomic mass is 9.98. The van der Waals surface area contributed by atoms with E-state index in [1.165, 1.54) is 12.4 Å². The SMILES string of the molecule is Cc1ccc(S(=O)(=O)n2cc(C[C@H](NC(=O)OCC3c4ccccc4-c4ccccc43)C(=O)OC(C)(C)C)c3cccnc32)cc1. The van der Waals surface area contributed by atoms with Crippen molar-refractivity contribution in [3.05, 3.63) is 120 Å². The van der Waals surface area contributed by atoms with E-state index >= 15 is 0 Å². The molecule has 0 saturated heterocycles. The molecule has 5 aromatic rings. The number of pyridine rings is 1. The van der Waals surface area contributed by atoms with E-state index in [1.807, 2.05) is 43.3 Å². The number of carbonyl (C=O) groups is 2. The van der Waals surface area contributed by atoms with Crippen LogP contribution in [0.2, 0.25) is 0 Å². The third kappa shape index (κ3) is 6.12. The Labute approximate surface area is 268 Å². The fourth-order valence-corrected chi connectivity index (χ4v) is 7.18. The number of aryl methyl sites for hydroxylation is 1. The molecule has 0 radical (unpaired) electrons. The number of carbonyl (C=O) groups excluding carboxylic acids is 2. The summed E-state index contributed by atoms with van der Waals surface area (Å²) in [4.78, 5) is 31.2. The summed E-state index contributed by atoms with van der Waals surface area (Å²) in [5, 5.41) is 3.22. The van der Waals surface area contributed by atoms with Crippen LogP contribution >= 0.6 is 0 Å². The van der Waals surface area contributed by atoms with Crippen LogP contribution in [0.4, 0.5) is 4.79 Å². The van der Waals surface area contributed by atoms with Crippen molar-refractivity contribution in [2.75, 3.05) is 6.61 Å². The molecule has 10 heteroatoms. The molecule has 0 aliphatic heterocycles. The summed E-state index contributed by atoms with van der Waals surface area (Å²) in [7, 11) is -4.01. The summed E-state index contributed by atoms with van der Waals surface area (Å²) >= 11 is 0. The summed E-state index contributed by atoms with van der Waals surface area (Å²) in [6.07, 6.45) is 2.11. The van der Waals surface area contributed by atoms with Crippen molar-refractivity contribution >= 4 is 33.1 Å². The van der Waals surface area contributed by atoms with Crippen LogP contribution in [0, 0.1) is 6.92 Å².